The highest BCUT2D eigenvalue weighted by Gasteiger charge is 2.35. The van der Waals surface area contributed by atoms with Crippen LogP contribution in [0.1, 0.15) is 16.5 Å². The van der Waals surface area contributed by atoms with E-state index in [9.17, 15) is 22.8 Å². The minimum absolute atomic E-state index is 0.00501. The van der Waals surface area contributed by atoms with Crippen molar-refractivity contribution in [3.8, 4) is 0 Å². The van der Waals surface area contributed by atoms with Crippen LogP contribution < -0.4 is 5.32 Å². The standard InChI is InChI=1S/C10H12F3N5O3/c11-10(12,13)5-17(4-8(19)20)9(21)7-3-18(16-15-7)6-1-14-2-6/h3,6,14H,1-2,4-5H2,(H,19,20). The third-order valence-electron chi connectivity index (χ3n) is 2.85. The molecule has 2 rings (SSSR count). The first-order valence-electron chi connectivity index (χ1n) is 5.96. The van der Waals surface area contributed by atoms with Crippen molar-refractivity contribution in [1.29, 1.82) is 0 Å². The molecule has 8 nitrogen and oxygen atoms in total. The van der Waals surface area contributed by atoms with Gasteiger partial charge in [-0.2, -0.15) is 13.2 Å². The van der Waals surface area contributed by atoms with Gasteiger partial charge in [0.25, 0.3) is 5.91 Å². The summed E-state index contributed by atoms with van der Waals surface area (Å²) < 4.78 is 38.6. The summed E-state index contributed by atoms with van der Waals surface area (Å²) in [5.74, 6) is -2.66. The van der Waals surface area contributed by atoms with Crippen LogP contribution in [0.5, 0.6) is 0 Å². The van der Waals surface area contributed by atoms with E-state index in [1.54, 1.807) is 0 Å². The molecule has 1 amide bonds. The van der Waals surface area contributed by atoms with E-state index >= 15 is 0 Å². The number of hydrogen-bond donors (Lipinski definition) is 2. The van der Waals surface area contributed by atoms with Crippen molar-refractivity contribution >= 4 is 11.9 Å². The number of halogens is 3. The molecule has 0 aliphatic carbocycles. The Morgan fingerprint density at radius 1 is 1.48 bits per heavy atom. The molecule has 1 aliphatic rings. The lowest BCUT2D eigenvalue weighted by Crippen LogP contribution is -2.43. The molecule has 11 heteroatoms. The highest BCUT2D eigenvalue weighted by atomic mass is 19.4. The van der Waals surface area contributed by atoms with E-state index in [2.05, 4.69) is 15.6 Å². The zero-order valence-electron chi connectivity index (χ0n) is 10.7. The van der Waals surface area contributed by atoms with Gasteiger partial charge in [0.1, 0.15) is 13.1 Å². The Balaban J connectivity index is 2.12. The van der Waals surface area contributed by atoms with E-state index in [-0.39, 0.29) is 16.6 Å². The summed E-state index contributed by atoms with van der Waals surface area (Å²) in [6.07, 6.45) is -3.47. The Labute approximate surface area is 116 Å². The van der Waals surface area contributed by atoms with Crippen LogP contribution >= 0.6 is 0 Å². The summed E-state index contributed by atoms with van der Waals surface area (Å²) in [5, 5.41) is 18.8. The van der Waals surface area contributed by atoms with E-state index in [1.807, 2.05) is 0 Å². The van der Waals surface area contributed by atoms with Gasteiger partial charge in [-0.25, -0.2) is 4.68 Å². The van der Waals surface area contributed by atoms with Gasteiger partial charge in [-0.3, -0.25) is 9.59 Å². The minimum Gasteiger partial charge on any atom is -0.480 e. The van der Waals surface area contributed by atoms with Gasteiger partial charge in [-0.15, -0.1) is 5.10 Å². The van der Waals surface area contributed by atoms with Crippen LogP contribution in [0.15, 0.2) is 6.20 Å². The molecule has 116 valence electrons. The number of aromatic nitrogens is 3. The van der Waals surface area contributed by atoms with Crippen LogP contribution in [0.3, 0.4) is 0 Å². The molecule has 2 heterocycles. The number of carbonyl (C=O) groups is 2. The third-order valence-corrected chi connectivity index (χ3v) is 2.85. The molecular formula is C10H12F3N5O3. The summed E-state index contributed by atoms with van der Waals surface area (Å²) in [6, 6.07) is -0.00501. The van der Waals surface area contributed by atoms with Gasteiger partial charge in [-0.1, -0.05) is 5.21 Å². The molecule has 0 bridgehead atoms. The quantitative estimate of drug-likeness (QED) is 0.761. The first kappa shape index (κ1) is 15.2. The Hall–Kier alpha value is -2.17. The number of aliphatic carboxylic acids is 1. The second-order valence-corrected chi connectivity index (χ2v) is 4.57. The molecule has 2 N–H and O–H groups in total. The number of carboxylic acid groups (broad SMARTS) is 1. The second kappa shape index (κ2) is 5.68. The molecule has 0 spiro atoms. The summed E-state index contributed by atoms with van der Waals surface area (Å²) >= 11 is 0. The average molecular weight is 307 g/mol. The van der Waals surface area contributed by atoms with Crippen LogP contribution in [0.4, 0.5) is 13.2 Å². The van der Waals surface area contributed by atoms with E-state index in [4.69, 9.17) is 5.11 Å². The van der Waals surface area contributed by atoms with Crippen molar-refractivity contribution in [3.05, 3.63) is 11.9 Å². The molecule has 1 fully saturated rings. The second-order valence-electron chi connectivity index (χ2n) is 4.57. The summed E-state index contributed by atoms with van der Waals surface area (Å²) in [4.78, 5) is 22.7. The fourth-order valence-electron chi connectivity index (χ4n) is 1.75. The monoisotopic (exact) mass is 307 g/mol. The van der Waals surface area contributed by atoms with Crippen molar-refractivity contribution < 1.29 is 27.9 Å². The van der Waals surface area contributed by atoms with Crippen LogP contribution in [0.25, 0.3) is 0 Å². The number of carbonyl (C=O) groups excluding carboxylic acids is 1. The Morgan fingerprint density at radius 2 is 2.14 bits per heavy atom. The Morgan fingerprint density at radius 3 is 2.62 bits per heavy atom. The van der Waals surface area contributed by atoms with Crippen molar-refractivity contribution in [2.45, 2.75) is 12.2 Å². The minimum atomic E-state index is -4.70. The molecule has 0 saturated carbocycles. The van der Waals surface area contributed by atoms with E-state index in [0.717, 1.165) is 0 Å². The van der Waals surface area contributed by atoms with E-state index in [1.165, 1.54) is 10.9 Å². The summed E-state index contributed by atoms with van der Waals surface area (Å²) in [6.45, 7) is -1.47. The van der Waals surface area contributed by atoms with Gasteiger partial charge in [0, 0.05) is 13.1 Å². The van der Waals surface area contributed by atoms with Crippen molar-refractivity contribution in [2.75, 3.05) is 26.2 Å². The maximum atomic E-state index is 12.4. The highest BCUT2D eigenvalue weighted by molar-refractivity contribution is 5.93. The number of nitrogens with zero attached hydrogens (tertiary/aromatic N) is 4. The maximum Gasteiger partial charge on any atom is 0.406 e. The summed E-state index contributed by atoms with van der Waals surface area (Å²) in [5.41, 5.74) is -0.313. The maximum absolute atomic E-state index is 12.4. The van der Waals surface area contributed by atoms with Gasteiger partial charge >= 0.3 is 12.1 Å². The van der Waals surface area contributed by atoms with Crippen LogP contribution in [-0.4, -0.2) is 69.2 Å². The van der Waals surface area contributed by atoms with E-state index < -0.39 is 31.1 Å². The Bertz CT molecular complexity index is 540. The average Bonchev–Trinajstić information content (AvgIpc) is 2.71. The first-order chi connectivity index (χ1) is 9.76. The van der Waals surface area contributed by atoms with Crippen molar-refractivity contribution in [1.82, 2.24) is 25.2 Å². The summed E-state index contributed by atoms with van der Waals surface area (Å²) in [7, 11) is 0. The zero-order valence-corrected chi connectivity index (χ0v) is 10.7. The molecule has 1 aliphatic heterocycles. The zero-order chi connectivity index (χ0) is 15.6. The first-order valence-corrected chi connectivity index (χ1v) is 5.96. The van der Waals surface area contributed by atoms with Crippen molar-refractivity contribution in [2.24, 2.45) is 0 Å². The molecule has 0 aromatic carbocycles. The van der Waals surface area contributed by atoms with Crippen LogP contribution in [0, 0.1) is 0 Å². The number of nitrogens with one attached hydrogen (secondary N) is 1. The molecule has 1 saturated heterocycles. The molecule has 0 atom stereocenters. The molecule has 0 unspecified atom stereocenters. The van der Waals surface area contributed by atoms with Gasteiger partial charge in [0.05, 0.1) is 12.2 Å². The molecule has 1 aromatic rings. The predicted octanol–water partition coefficient (Wildman–Crippen LogP) is -0.489. The fourth-order valence-corrected chi connectivity index (χ4v) is 1.75. The lowest BCUT2D eigenvalue weighted by Gasteiger charge is -2.26. The highest BCUT2D eigenvalue weighted by Crippen LogP contribution is 2.18. The number of carboxylic acids is 1. The topological polar surface area (TPSA) is 100 Å². The lowest BCUT2D eigenvalue weighted by molar-refractivity contribution is -0.149. The third kappa shape index (κ3) is 3.90. The number of hydrogen-bond acceptors (Lipinski definition) is 5. The molecular weight excluding hydrogens is 295 g/mol. The van der Waals surface area contributed by atoms with Gasteiger partial charge in [0.15, 0.2) is 5.69 Å². The van der Waals surface area contributed by atoms with Gasteiger partial charge in [0.2, 0.25) is 0 Å². The normalized spacial score (nSPS) is 15.6. The molecule has 0 radical (unpaired) electrons. The SMILES string of the molecule is O=C(O)CN(CC(F)(F)F)C(=O)c1cn(C2CNC2)nn1. The molecule has 21 heavy (non-hydrogen) atoms. The van der Waals surface area contributed by atoms with Gasteiger partial charge < -0.3 is 15.3 Å². The smallest absolute Gasteiger partial charge is 0.406 e. The predicted molar refractivity (Wildman–Crippen MR) is 61.5 cm³/mol. The fraction of sp³-hybridized carbons (Fsp3) is 0.600. The number of alkyl halides is 3. The Kier molecular flexibility index (Phi) is 4.11. The lowest BCUT2D eigenvalue weighted by atomic mass is 10.2. The molecule has 1 aromatic heterocycles. The van der Waals surface area contributed by atoms with Crippen LogP contribution in [0.2, 0.25) is 0 Å². The van der Waals surface area contributed by atoms with Gasteiger partial charge in [-0.05, 0) is 0 Å². The van der Waals surface area contributed by atoms with Crippen molar-refractivity contribution in [3.63, 3.8) is 0 Å². The van der Waals surface area contributed by atoms with Crippen LogP contribution in [-0.2, 0) is 4.79 Å². The largest absolute Gasteiger partial charge is 0.480 e. The number of rotatable bonds is 5. The van der Waals surface area contributed by atoms with E-state index in [0.29, 0.717) is 13.1 Å². The number of amides is 1.